The second-order valence-corrected chi connectivity index (χ2v) is 5.31. The first-order valence-electron chi connectivity index (χ1n) is 6.68. The fourth-order valence-electron chi connectivity index (χ4n) is 2.43. The zero-order chi connectivity index (χ0) is 13.3. The van der Waals surface area contributed by atoms with Gasteiger partial charge in [0.25, 0.3) is 0 Å². The molecule has 98 valence electrons. The van der Waals surface area contributed by atoms with Gasteiger partial charge >= 0.3 is 6.03 Å². The molecule has 2 rings (SSSR count). The van der Waals surface area contributed by atoms with Gasteiger partial charge in [0.1, 0.15) is 0 Å². The third-order valence-electron chi connectivity index (χ3n) is 3.71. The minimum Gasteiger partial charge on any atom is -0.329 e. The van der Waals surface area contributed by atoms with Gasteiger partial charge in [0.2, 0.25) is 0 Å². The molecule has 1 saturated heterocycles. The van der Waals surface area contributed by atoms with Gasteiger partial charge in [-0.15, -0.1) is 0 Å². The maximum Gasteiger partial charge on any atom is 0.318 e. The van der Waals surface area contributed by atoms with Crippen LogP contribution in [-0.2, 0) is 0 Å². The van der Waals surface area contributed by atoms with Crippen molar-refractivity contribution in [1.29, 1.82) is 0 Å². The van der Waals surface area contributed by atoms with Gasteiger partial charge in [0, 0.05) is 13.1 Å². The Kier molecular flexibility index (Phi) is 3.60. The molecule has 0 aromatic heterocycles. The van der Waals surface area contributed by atoms with E-state index in [-0.39, 0.29) is 12.1 Å². The Morgan fingerprint density at radius 3 is 2.72 bits per heavy atom. The summed E-state index contributed by atoms with van der Waals surface area (Å²) in [4.78, 5) is 13.6. The van der Waals surface area contributed by atoms with E-state index in [1.165, 1.54) is 16.7 Å². The first-order chi connectivity index (χ1) is 8.52. The Balaban J connectivity index is 2.28. The highest BCUT2D eigenvalue weighted by molar-refractivity contribution is 5.77. The molecule has 0 bridgehead atoms. The predicted octanol–water partition coefficient (Wildman–Crippen LogP) is 3.20. The van der Waals surface area contributed by atoms with Crippen LogP contribution in [0.3, 0.4) is 0 Å². The summed E-state index contributed by atoms with van der Waals surface area (Å²) in [6.07, 6.45) is 0. The molecule has 1 aliphatic rings. The molecule has 1 atom stereocenters. The van der Waals surface area contributed by atoms with Crippen LogP contribution in [0, 0.1) is 6.92 Å². The monoisotopic (exact) mass is 246 g/mol. The summed E-state index contributed by atoms with van der Waals surface area (Å²) in [5, 5.41) is 3.07. The van der Waals surface area contributed by atoms with Crippen molar-refractivity contribution in [2.75, 3.05) is 13.1 Å². The first kappa shape index (κ1) is 12.9. The number of hydrogen-bond donors (Lipinski definition) is 1. The molecule has 2 amide bonds. The average molecular weight is 246 g/mol. The number of aryl methyl sites for hydroxylation is 1. The quantitative estimate of drug-likeness (QED) is 0.872. The molecule has 1 aromatic carbocycles. The molecule has 0 aliphatic carbocycles. The van der Waals surface area contributed by atoms with Crippen molar-refractivity contribution in [3.8, 4) is 0 Å². The number of nitrogens with zero attached hydrogens (tertiary/aromatic N) is 1. The number of hydrogen-bond acceptors (Lipinski definition) is 1. The van der Waals surface area contributed by atoms with Gasteiger partial charge in [0.05, 0.1) is 6.04 Å². The Labute approximate surface area is 109 Å². The number of carbonyl (C=O) groups is 1. The van der Waals surface area contributed by atoms with Crippen molar-refractivity contribution in [3.05, 3.63) is 34.9 Å². The first-order valence-corrected chi connectivity index (χ1v) is 6.68. The van der Waals surface area contributed by atoms with Crippen LogP contribution in [-0.4, -0.2) is 24.0 Å². The lowest BCUT2D eigenvalue weighted by Crippen LogP contribution is -2.27. The van der Waals surface area contributed by atoms with Crippen LogP contribution < -0.4 is 5.32 Å². The van der Waals surface area contributed by atoms with Gasteiger partial charge in [-0.25, -0.2) is 4.79 Å². The summed E-state index contributed by atoms with van der Waals surface area (Å²) in [5.41, 5.74) is 3.84. The van der Waals surface area contributed by atoms with E-state index in [1.54, 1.807) is 0 Å². The van der Waals surface area contributed by atoms with Gasteiger partial charge in [-0.3, -0.25) is 0 Å². The topological polar surface area (TPSA) is 32.3 Å². The van der Waals surface area contributed by atoms with Crippen LogP contribution >= 0.6 is 0 Å². The minimum atomic E-state index is 0.0526. The van der Waals surface area contributed by atoms with E-state index in [2.05, 4.69) is 44.3 Å². The van der Waals surface area contributed by atoms with E-state index in [1.807, 2.05) is 11.8 Å². The Morgan fingerprint density at radius 1 is 1.44 bits per heavy atom. The second-order valence-electron chi connectivity index (χ2n) is 5.31. The normalized spacial score (nSPS) is 19.5. The number of benzene rings is 1. The number of rotatable bonds is 3. The summed E-state index contributed by atoms with van der Waals surface area (Å²) >= 11 is 0. The fraction of sp³-hybridized carbons (Fsp3) is 0.533. The van der Waals surface area contributed by atoms with E-state index in [9.17, 15) is 4.79 Å². The summed E-state index contributed by atoms with van der Waals surface area (Å²) in [6.45, 7) is 10.1. The van der Waals surface area contributed by atoms with Crippen molar-refractivity contribution in [1.82, 2.24) is 10.2 Å². The number of likely N-dealkylation sites (N-methyl/N-ethyl adjacent to an activating group) is 1. The van der Waals surface area contributed by atoms with Gasteiger partial charge in [-0.1, -0.05) is 32.0 Å². The summed E-state index contributed by atoms with van der Waals surface area (Å²) in [5.74, 6) is 0.517. The molecular weight excluding hydrogens is 224 g/mol. The van der Waals surface area contributed by atoms with Gasteiger partial charge in [0.15, 0.2) is 0 Å². The van der Waals surface area contributed by atoms with Crippen molar-refractivity contribution in [2.24, 2.45) is 0 Å². The average Bonchev–Trinajstić information content (AvgIpc) is 2.70. The molecule has 1 fully saturated rings. The van der Waals surface area contributed by atoms with Gasteiger partial charge < -0.3 is 10.2 Å². The molecular formula is C15H22N2O. The van der Waals surface area contributed by atoms with E-state index in [0.717, 1.165) is 13.1 Å². The summed E-state index contributed by atoms with van der Waals surface area (Å²) < 4.78 is 0. The molecule has 0 radical (unpaired) electrons. The Morgan fingerprint density at radius 2 is 2.17 bits per heavy atom. The van der Waals surface area contributed by atoms with Crippen LogP contribution in [0.4, 0.5) is 4.79 Å². The van der Waals surface area contributed by atoms with Crippen molar-refractivity contribution in [2.45, 2.75) is 39.7 Å². The third-order valence-corrected chi connectivity index (χ3v) is 3.71. The third kappa shape index (κ3) is 2.35. The highest BCUT2D eigenvalue weighted by Gasteiger charge is 2.29. The molecule has 3 nitrogen and oxygen atoms in total. The highest BCUT2D eigenvalue weighted by Crippen LogP contribution is 2.26. The summed E-state index contributed by atoms with van der Waals surface area (Å²) in [6, 6.07) is 6.76. The van der Waals surface area contributed by atoms with Crippen molar-refractivity contribution >= 4 is 6.03 Å². The molecule has 1 aromatic rings. The van der Waals surface area contributed by atoms with Crippen LogP contribution in [0.25, 0.3) is 0 Å². The zero-order valence-corrected chi connectivity index (χ0v) is 11.7. The molecule has 1 N–H and O–H groups in total. The summed E-state index contributed by atoms with van der Waals surface area (Å²) in [7, 11) is 0. The Hall–Kier alpha value is -1.51. The molecule has 1 heterocycles. The molecule has 18 heavy (non-hydrogen) atoms. The lowest BCUT2D eigenvalue weighted by molar-refractivity contribution is 0.219. The second kappa shape index (κ2) is 5.01. The van der Waals surface area contributed by atoms with Crippen molar-refractivity contribution in [3.63, 3.8) is 0 Å². The Bertz CT molecular complexity index is 454. The van der Waals surface area contributed by atoms with Crippen LogP contribution in [0.1, 0.15) is 49.4 Å². The predicted molar refractivity (Wildman–Crippen MR) is 73.8 cm³/mol. The van der Waals surface area contributed by atoms with Crippen LogP contribution in [0.2, 0.25) is 0 Å². The molecule has 0 saturated carbocycles. The van der Waals surface area contributed by atoms with Gasteiger partial charge in [-0.05, 0) is 36.5 Å². The fourth-order valence-corrected chi connectivity index (χ4v) is 2.43. The minimum absolute atomic E-state index is 0.0526. The van der Waals surface area contributed by atoms with Crippen LogP contribution in [0.15, 0.2) is 18.2 Å². The van der Waals surface area contributed by atoms with E-state index in [0.29, 0.717) is 5.92 Å². The zero-order valence-electron chi connectivity index (χ0n) is 11.7. The highest BCUT2D eigenvalue weighted by atomic mass is 16.2. The molecule has 1 unspecified atom stereocenters. The van der Waals surface area contributed by atoms with Crippen molar-refractivity contribution < 1.29 is 4.79 Å². The van der Waals surface area contributed by atoms with Crippen LogP contribution in [0.5, 0.6) is 0 Å². The number of carbonyl (C=O) groups excluding carboxylic acids is 1. The smallest absolute Gasteiger partial charge is 0.318 e. The van der Waals surface area contributed by atoms with Gasteiger partial charge in [-0.2, -0.15) is 0 Å². The SMILES string of the molecule is CCN1CC(c2cc(C(C)C)ccc2C)NC1=O. The lowest BCUT2D eigenvalue weighted by Gasteiger charge is -2.16. The number of nitrogens with one attached hydrogen (secondary N) is 1. The van der Waals surface area contributed by atoms with E-state index >= 15 is 0 Å². The maximum absolute atomic E-state index is 11.7. The molecule has 1 aliphatic heterocycles. The number of urea groups is 1. The maximum atomic E-state index is 11.7. The van der Waals surface area contributed by atoms with E-state index in [4.69, 9.17) is 0 Å². The molecule has 0 spiro atoms. The van der Waals surface area contributed by atoms with E-state index < -0.39 is 0 Å². The standard InChI is InChI=1S/C15H22N2O/c1-5-17-9-14(16-15(17)18)13-8-12(10(2)3)7-6-11(13)4/h6-8,10,14H,5,9H2,1-4H3,(H,16,18). The number of amides is 2. The largest absolute Gasteiger partial charge is 0.329 e. The molecule has 3 heteroatoms. The lowest BCUT2D eigenvalue weighted by atomic mass is 9.94.